The number of nitrogens with zero attached hydrogens (tertiary/aromatic N) is 2. The van der Waals surface area contributed by atoms with E-state index in [1.54, 1.807) is 20.8 Å². The molecule has 296 valence electrons. The smallest absolute Gasteiger partial charge is 0.408 e. The van der Waals surface area contributed by atoms with E-state index in [0.29, 0.717) is 37.1 Å². The van der Waals surface area contributed by atoms with Crippen LogP contribution in [0.4, 0.5) is 13.6 Å². The van der Waals surface area contributed by atoms with E-state index in [4.69, 9.17) is 14.5 Å². The van der Waals surface area contributed by atoms with E-state index in [-0.39, 0.29) is 32.2 Å². The number of sulfonamides is 1. The number of alkyl carbamates (subject to hydrolysis) is 1. The molecule has 12 nitrogen and oxygen atoms in total. The summed E-state index contributed by atoms with van der Waals surface area (Å²) in [5.41, 5.74) is -1.87. The number of nitrogens with one attached hydrogen (secondary N) is 2. The summed E-state index contributed by atoms with van der Waals surface area (Å²) in [5.74, 6) is -5.91. The fourth-order valence-electron chi connectivity index (χ4n) is 8.18. The second-order valence-corrected chi connectivity index (χ2v) is 18.7. The minimum Gasteiger partial charge on any atom is -0.472 e. The van der Waals surface area contributed by atoms with Crippen molar-refractivity contribution in [2.45, 2.75) is 126 Å². The van der Waals surface area contributed by atoms with E-state index >= 15 is 8.78 Å². The number of rotatable bonds is 6. The number of ether oxygens (including phenoxy) is 2. The highest BCUT2D eigenvalue weighted by Gasteiger charge is 2.64. The topological polar surface area (TPSA) is 161 Å². The fraction of sp³-hybridized carbons (Fsp3) is 0.575. The number of benzene rings is 2. The third-order valence-corrected chi connectivity index (χ3v) is 13.0. The number of pyridine rings is 1. The van der Waals surface area contributed by atoms with Gasteiger partial charge in [0.1, 0.15) is 17.7 Å². The lowest BCUT2D eigenvalue weighted by atomic mass is 9.89. The Morgan fingerprint density at radius 2 is 1.62 bits per heavy atom. The molecule has 7 rings (SSSR count). The number of carbonyl (C=O) groups excluding carboxylic acids is 4. The summed E-state index contributed by atoms with van der Waals surface area (Å²) in [6.45, 7) is 4.97. The lowest BCUT2D eigenvalue weighted by Crippen LogP contribution is -2.53. The second kappa shape index (κ2) is 14.6. The van der Waals surface area contributed by atoms with Crippen LogP contribution in [-0.4, -0.2) is 83.5 Å². The van der Waals surface area contributed by atoms with E-state index in [9.17, 15) is 27.6 Å². The molecule has 0 radical (unpaired) electrons. The number of hydrogen-bond donors (Lipinski definition) is 2. The third-order valence-electron chi connectivity index (χ3n) is 11.2. The molecular formula is C40H48F2N4O8S. The highest BCUT2D eigenvalue weighted by Crippen LogP contribution is 2.60. The van der Waals surface area contributed by atoms with Crippen molar-refractivity contribution in [3.63, 3.8) is 0 Å². The van der Waals surface area contributed by atoms with E-state index in [2.05, 4.69) is 10.0 Å². The molecular weight excluding hydrogens is 735 g/mol. The van der Waals surface area contributed by atoms with Crippen LogP contribution in [0.5, 0.6) is 5.88 Å². The van der Waals surface area contributed by atoms with Crippen molar-refractivity contribution in [2.75, 3.05) is 6.54 Å². The number of ketones is 1. The van der Waals surface area contributed by atoms with Gasteiger partial charge in [-0.05, 0) is 76.3 Å². The van der Waals surface area contributed by atoms with Crippen LogP contribution in [0.3, 0.4) is 0 Å². The summed E-state index contributed by atoms with van der Waals surface area (Å²) < 4.78 is 70.6. The minimum atomic E-state index is -4.04. The SMILES string of the molecule is CC(C)(C)OC(=O)N[C@H]1CCCCCC(F)(F)C[C@@H]2C[C@@]2(C(=O)NS(=O)(=O)C2CC2)CC(=O)[C@@H]2C[C@@H](Oc3nc4ccccc4c4ccccc34)CN2C1=O. The first kappa shape index (κ1) is 38.9. The normalized spacial score (nSPS) is 27.7. The first-order valence-corrected chi connectivity index (χ1v) is 20.7. The van der Waals surface area contributed by atoms with E-state index in [0.717, 1.165) is 16.2 Å². The van der Waals surface area contributed by atoms with Gasteiger partial charge in [0, 0.05) is 36.5 Å². The van der Waals surface area contributed by atoms with Gasteiger partial charge < -0.3 is 19.7 Å². The number of halogens is 2. The summed E-state index contributed by atoms with van der Waals surface area (Å²) in [5, 5.41) is 4.46. The molecule has 3 aromatic rings. The van der Waals surface area contributed by atoms with Crippen LogP contribution in [0.1, 0.15) is 91.4 Å². The lowest BCUT2D eigenvalue weighted by molar-refractivity contribution is -0.140. The quantitative estimate of drug-likeness (QED) is 0.278. The predicted octanol–water partition coefficient (Wildman–Crippen LogP) is 6.19. The predicted molar refractivity (Wildman–Crippen MR) is 200 cm³/mol. The van der Waals surface area contributed by atoms with Crippen molar-refractivity contribution in [1.82, 2.24) is 19.9 Å². The van der Waals surface area contributed by atoms with Crippen LogP contribution in [0.2, 0.25) is 0 Å². The monoisotopic (exact) mass is 782 g/mol. The molecule has 1 aromatic heterocycles. The molecule has 3 amide bonds. The molecule has 15 heteroatoms. The maximum atomic E-state index is 15.4. The summed E-state index contributed by atoms with van der Waals surface area (Å²) in [6.07, 6.45) is -1.71. The van der Waals surface area contributed by atoms with Gasteiger partial charge in [0.15, 0.2) is 5.78 Å². The maximum Gasteiger partial charge on any atom is 0.408 e. The first-order valence-electron chi connectivity index (χ1n) is 19.2. The summed E-state index contributed by atoms with van der Waals surface area (Å²) in [4.78, 5) is 62.0. The van der Waals surface area contributed by atoms with Crippen molar-refractivity contribution in [3.8, 4) is 5.88 Å². The minimum absolute atomic E-state index is 0.00847. The zero-order chi connectivity index (χ0) is 39.3. The fourth-order valence-corrected chi connectivity index (χ4v) is 9.56. The van der Waals surface area contributed by atoms with Crippen molar-refractivity contribution < 1.29 is 45.9 Å². The number of amides is 3. The Morgan fingerprint density at radius 1 is 0.927 bits per heavy atom. The number of hydrogen-bond acceptors (Lipinski definition) is 9. The first-order chi connectivity index (χ1) is 25.9. The van der Waals surface area contributed by atoms with Gasteiger partial charge in [-0.15, -0.1) is 0 Å². The van der Waals surface area contributed by atoms with Gasteiger partial charge in [-0.25, -0.2) is 27.0 Å². The molecule has 0 spiro atoms. The van der Waals surface area contributed by atoms with Crippen LogP contribution >= 0.6 is 0 Å². The molecule has 5 atom stereocenters. The number of aromatic nitrogens is 1. The average Bonchev–Trinajstić information content (AvgIpc) is 4.03. The molecule has 2 aliphatic heterocycles. The van der Waals surface area contributed by atoms with E-state index < -0.39 is 99.3 Å². The number of Topliss-reactive ketones (excluding diaryl/α,β-unsaturated/α-hetero) is 1. The van der Waals surface area contributed by atoms with E-state index in [1.165, 1.54) is 4.90 Å². The second-order valence-electron chi connectivity index (χ2n) is 16.7. The molecule has 3 heterocycles. The molecule has 55 heavy (non-hydrogen) atoms. The number of alkyl halides is 2. The molecule has 2 saturated heterocycles. The summed E-state index contributed by atoms with van der Waals surface area (Å²) in [7, 11) is -4.04. The van der Waals surface area contributed by atoms with Crippen LogP contribution in [0.25, 0.3) is 21.7 Å². The van der Waals surface area contributed by atoms with E-state index in [1.807, 2.05) is 48.5 Å². The lowest BCUT2D eigenvalue weighted by Gasteiger charge is -2.30. The largest absolute Gasteiger partial charge is 0.472 e. The Kier molecular flexibility index (Phi) is 10.3. The molecule has 2 aliphatic carbocycles. The van der Waals surface area contributed by atoms with Crippen molar-refractivity contribution in [1.29, 1.82) is 0 Å². The van der Waals surface area contributed by atoms with Crippen LogP contribution < -0.4 is 14.8 Å². The number of carbonyl (C=O) groups is 4. The Morgan fingerprint density at radius 3 is 2.33 bits per heavy atom. The molecule has 2 aromatic carbocycles. The summed E-state index contributed by atoms with van der Waals surface area (Å²) in [6, 6.07) is 12.9. The molecule has 2 N–H and O–H groups in total. The third kappa shape index (κ3) is 8.56. The Balaban J connectivity index is 1.23. The van der Waals surface area contributed by atoms with Crippen LogP contribution in [-0.2, 0) is 29.1 Å². The zero-order valence-electron chi connectivity index (χ0n) is 31.3. The molecule has 4 fully saturated rings. The molecule has 4 aliphatic rings. The van der Waals surface area contributed by atoms with Gasteiger partial charge in [-0.1, -0.05) is 49.2 Å². The van der Waals surface area contributed by atoms with Crippen molar-refractivity contribution in [2.24, 2.45) is 11.3 Å². The van der Waals surface area contributed by atoms with Crippen molar-refractivity contribution >= 4 is 55.4 Å². The van der Waals surface area contributed by atoms with Crippen molar-refractivity contribution in [3.05, 3.63) is 48.5 Å². The maximum absolute atomic E-state index is 15.4. The Labute approximate surface area is 319 Å². The van der Waals surface area contributed by atoms with Gasteiger partial charge >= 0.3 is 6.09 Å². The molecule has 2 saturated carbocycles. The van der Waals surface area contributed by atoms with Gasteiger partial charge in [-0.2, -0.15) is 0 Å². The van der Waals surface area contributed by atoms with Crippen LogP contribution in [0.15, 0.2) is 48.5 Å². The Hall–Kier alpha value is -4.40. The number of para-hydroxylation sites is 1. The average molecular weight is 783 g/mol. The number of fused-ring (bicyclic) bond motifs is 5. The highest BCUT2D eigenvalue weighted by molar-refractivity contribution is 7.90. The Bertz CT molecular complexity index is 2120. The highest BCUT2D eigenvalue weighted by atomic mass is 32.2. The van der Waals surface area contributed by atoms with Gasteiger partial charge in [0.25, 0.3) is 0 Å². The standard InChI is InChI=1S/C40H48F2N4O8S/c1-38(2,3)54-37(50)44-31-15-5-4-10-18-40(41,42)21-24-20-39(24,36(49)45-55(51,52)26-16-17-26)22-33(47)32-19-25(23-46(32)35(31)48)53-34-29-13-7-6-11-27(29)28-12-8-9-14-30(28)43-34/h6-9,11-14,24-26,31-32H,4-5,10,15-23H2,1-3H3,(H,44,50)(H,45,49)/t24-,25+,31-,32-,39+/m0/s1. The van der Waals surface area contributed by atoms with Gasteiger partial charge in [0.2, 0.25) is 33.6 Å². The molecule has 0 bridgehead atoms. The summed E-state index contributed by atoms with van der Waals surface area (Å²) >= 11 is 0. The van der Waals surface area contributed by atoms with Crippen LogP contribution in [0, 0.1) is 11.3 Å². The zero-order valence-corrected chi connectivity index (χ0v) is 32.1. The molecule has 0 unspecified atom stereocenters. The van der Waals surface area contributed by atoms with Gasteiger partial charge in [-0.3, -0.25) is 19.1 Å². The van der Waals surface area contributed by atoms with Gasteiger partial charge in [0.05, 0.1) is 28.8 Å².